The van der Waals surface area contributed by atoms with Crippen LogP contribution >= 0.6 is 0 Å². The van der Waals surface area contributed by atoms with Crippen LogP contribution in [0.5, 0.6) is 5.75 Å². The molecule has 0 atom stereocenters. The lowest BCUT2D eigenvalue weighted by atomic mass is 10.1. The fraction of sp³-hybridized carbons (Fsp3) is 0.211. The minimum atomic E-state index is -0.126. The number of benzene rings is 2. The molecule has 1 amide bonds. The molecule has 2 aromatic carbocycles. The van der Waals surface area contributed by atoms with Crippen LogP contribution < -0.4 is 10.1 Å². The highest BCUT2D eigenvalue weighted by Gasteiger charge is 2.16. The summed E-state index contributed by atoms with van der Waals surface area (Å²) < 4.78 is 5.24. The van der Waals surface area contributed by atoms with Crippen molar-refractivity contribution in [3.05, 3.63) is 59.3 Å². The van der Waals surface area contributed by atoms with E-state index in [4.69, 9.17) is 4.74 Å². The van der Waals surface area contributed by atoms with Gasteiger partial charge in [0.25, 0.3) is 5.91 Å². The highest BCUT2D eigenvalue weighted by Crippen LogP contribution is 2.26. The molecule has 4 heteroatoms. The van der Waals surface area contributed by atoms with Gasteiger partial charge in [-0.15, -0.1) is 0 Å². The topological polar surface area (TPSA) is 54.1 Å². The number of carbonyl (C=O) groups is 1. The molecule has 0 unspecified atom stereocenters. The molecular formula is C19H20N2O2. The number of rotatable bonds is 4. The van der Waals surface area contributed by atoms with Crippen molar-refractivity contribution in [2.75, 3.05) is 12.4 Å². The van der Waals surface area contributed by atoms with Crippen molar-refractivity contribution in [2.24, 2.45) is 0 Å². The van der Waals surface area contributed by atoms with E-state index < -0.39 is 0 Å². The zero-order chi connectivity index (χ0) is 16.4. The van der Waals surface area contributed by atoms with Gasteiger partial charge in [-0.3, -0.25) is 4.79 Å². The summed E-state index contributed by atoms with van der Waals surface area (Å²) in [5.74, 6) is 0.639. The van der Waals surface area contributed by atoms with Crippen LogP contribution in [0.25, 0.3) is 10.9 Å². The molecule has 3 rings (SSSR count). The zero-order valence-electron chi connectivity index (χ0n) is 13.6. The number of fused-ring (bicyclic) bond motifs is 1. The Bertz CT molecular complexity index is 865. The van der Waals surface area contributed by atoms with Gasteiger partial charge in [-0.2, -0.15) is 0 Å². The predicted octanol–water partition coefficient (Wildman–Crippen LogP) is 4.30. The van der Waals surface area contributed by atoms with E-state index in [0.29, 0.717) is 5.69 Å². The molecule has 1 aromatic heterocycles. The summed E-state index contributed by atoms with van der Waals surface area (Å²) in [5.41, 5.74) is 4.40. The molecule has 4 nitrogen and oxygen atoms in total. The van der Waals surface area contributed by atoms with E-state index in [1.807, 2.05) is 49.4 Å². The summed E-state index contributed by atoms with van der Waals surface area (Å²) in [5, 5.41) is 4.03. The molecule has 0 aliphatic carbocycles. The number of H-pyrrole nitrogens is 1. The van der Waals surface area contributed by atoms with Gasteiger partial charge in [-0.25, -0.2) is 0 Å². The second kappa shape index (κ2) is 6.16. The molecule has 1 heterocycles. The Morgan fingerprint density at radius 2 is 2.00 bits per heavy atom. The molecule has 0 aliphatic heterocycles. The first-order valence-corrected chi connectivity index (χ1v) is 7.69. The highest BCUT2D eigenvalue weighted by atomic mass is 16.5. The van der Waals surface area contributed by atoms with Gasteiger partial charge in [0, 0.05) is 22.7 Å². The minimum absolute atomic E-state index is 0.126. The molecular weight excluding hydrogens is 288 g/mol. The third kappa shape index (κ3) is 2.80. The number of hydrogen-bond donors (Lipinski definition) is 2. The Hall–Kier alpha value is -2.75. The van der Waals surface area contributed by atoms with Crippen LogP contribution in [0, 0.1) is 6.92 Å². The molecule has 0 saturated carbocycles. The Labute approximate surface area is 135 Å². The van der Waals surface area contributed by atoms with Crippen molar-refractivity contribution < 1.29 is 9.53 Å². The standard InChI is InChI=1S/C19H20N2O2/c1-4-13-7-5-6-8-16(13)21-19(22)18-12(2)15-10-9-14(23-3)11-17(15)20-18/h5-11,20H,4H2,1-3H3,(H,21,22). The third-order valence-corrected chi connectivity index (χ3v) is 4.14. The number of nitrogens with one attached hydrogen (secondary N) is 2. The van der Waals surface area contributed by atoms with Crippen molar-refractivity contribution in [2.45, 2.75) is 20.3 Å². The molecule has 0 radical (unpaired) electrons. The number of ether oxygens (including phenoxy) is 1. The van der Waals surface area contributed by atoms with Gasteiger partial charge in [0.05, 0.1) is 7.11 Å². The molecule has 0 bridgehead atoms. The van der Waals surface area contributed by atoms with E-state index in [0.717, 1.165) is 39.9 Å². The van der Waals surface area contributed by atoms with Crippen molar-refractivity contribution >= 4 is 22.5 Å². The van der Waals surface area contributed by atoms with Crippen LogP contribution in [0.15, 0.2) is 42.5 Å². The van der Waals surface area contributed by atoms with Crippen LogP contribution in [0.3, 0.4) is 0 Å². The minimum Gasteiger partial charge on any atom is -0.497 e. The van der Waals surface area contributed by atoms with Crippen LogP contribution in [-0.2, 0) is 6.42 Å². The summed E-state index contributed by atoms with van der Waals surface area (Å²) in [4.78, 5) is 15.9. The SMILES string of the molecule is CCc1ccccc1NC(=O)c1[nH]c2cc(OC)ccc2c1C. The van der Waals surface area contributed by atoms with E-state index in [1.165, 1.54) is 0 Å². The van der Waals surface area contributed by atoms with Crippen molar-refractivity contribution in [3.63, 3.8) is 0 Å². The maximum absolute atomic E-state index is 12.7. The number of aromatic nitrogens is 1. The maximum atomic E-state index is 12.7. The van der Waals surface area contributed by atoms with Crippen LogP contribution in [0.2, 0.25) is 0 Å². The van der Waals surface area contributed by atoms with Gasteiger partial charge in [-0.05, 0) is 42.7 Å². The van der Waals surface area contributed by atoms with Gasteiger partial charge < -0.3 is 15.0 Å². The van der Waals surface area contributed by atoms with Crippen molar-refractivity contribution in [1.29, 1.82) is 0 Å². The molecule has 0 fully saturated rings. The monoisotopic (exact) mass is 308 g/mol. The van der Waals surface area contributed by atoms with E-state index in [1.54, 1.807) is 7.11 Å². The first-order chi connectivity index (χ1) is 11.1. The summed E-state index contributed by atoms with van der Waals surface area (Å²) in [7, 11) is 1.63. The highest BCUT2D eigenvalue weighted by molar-refractivity contribution is 6.08. The van der Waals surface area contributed by atoms with Gasteiger partial charge in [0.15, 0.2) is 0 Å². The lowest BCUT2D eigenvalue weighted by Gasteiger charge is -2.09. The number of carbonyl (C=O) groups excluding carboxylic acids is 1. The fourth-order valence-electron chi connectivity index (χ4n) is 2.81. The van der Waals surface area contributed by atoms with Gasteiger partial charge in [0.1, 0.15) is 11.4 Å². The first-order valence-electron chi connectivity index (χ1n) is 7.69. The summed E-state index contributed by atoms with van der Waals surface area (Å²) >= 11 is 0. The van der Waals surface area contributed by atoms with E-state index in [9.17, 15) is 4.79 Å². The maximum Gasteiger partial charge on any atom is 0.272 e. The molecule has 23 heavy (non-hydrogen) atoms. The van der Waals surface area contributed by atoms with Crippen LogP contribution in [0.4, 0.5) is 5.69 Å². The Morgan fingerprint density at radius 3 is 2.74 bits per heavy atom. The summed E-state index contributed by atoms with van der Waals surface area (Å²) in [6, 6.07) is 13.6. The smallest absolute Gasteiger partial charge is 0.272 e. The third-order valence-electron chi connectivity index (χ3n) is 4.14. The second-order valence-corrected chi connectivity index (χ2v) is 5.50. The second-order valence-electron chi connectivity index (χ2n) is 5.50. The molecule has 0 spiro atoms. The number of amides is 1. The first kappa shape index (κ1) is 15.2. The number of para-hydroxylation sites is 1. The van der Waals surface area contributed by atoms with Gasteiger partial charge in [0.2, 0.25) is 0 Å². The number of aryl methyl sites for hydroxylation is 2. The Morgan fingerprint density at radius 1 is 1.22 bits per heavy atom. The summed E-state index contributed by atoms with van der Waals surface area (Å²) in [6.45, 7) is 4.03. The van der Waals surface area contributed by atoms with Gasteiger partial charge >= 0.3 is 0 Å². The summed E-state index contributed by atoms with van der Waals surface area (Å²) in [6.07, 6.45) is 0.874. The molecule has 0 saturated heterocycles. The van der Waals surface area contributed by atoms with Gasteiger partial charge in [-0.1, -0.05) is 25.1 Å². The van der Waals surface area contributed by atoms with E-state index in [2.05, 4.69) is 17.2 Å². The number of aromatic amines is 1. The molecule has 118 valence electrons. The Balaban J connectivity index is 1.96. The van der Waals surface area contributed by atoms with Crippen molar-refractivity contribution in [1.82, 2.24) is 4.98 Å². The van der Waals surface area contributed by atoms with E-state index in [-0.39, 0.29) is 5.91 Å². The zero-order valence-corrected chi connectivity index (χ0v) is 13.6. The average molecular weight is 308 g/mol. The molecule has 2 N–H and O–H groups in total. The van der Waals surface area contributed by atoms with Crippen LogP contribution in [0.1, 0.15) is 28.5 Å². The molecule has 3 aromatic rings. The lowest BCUT2D eigenvalue weighted by Crippen LogP contribution is -2.14. The normalized spacial score (nSPS) is 10.7. The average Bonchev–Trinajstić information content (AvgIpc) is 2.91. The number of methoxy groups -OCH3 is 1. The van der Waals surface area contributed by atoms with E-state index >= 15 is 0 Å². The fourth-order valence-corrected chi connectivity index (χ4v) is 2.81. The number of hydrogen-bond acceptors (Lipinski definition) is 2. The number of anilines is 1. The Kier molecular flexibility index (Phi) is 4.06. The lowest BCUT2D eigenvalue weighted by molar-refractivity contribution is 0.102. The quantitative estimate of drug-likeness (QED) is 0.755. The predicted molar refractivity (Wildman–Crippen MR) is 93.4 cm³/mol. The molecule has 0 aliphatic rings. The van der Waals surface area contributed by atoms with Crippen LogP contribution in [-0.4, -0.2) is 18.0 Å². The van der Waals surface area contributed by atoms with Crippen molar-refractivity contribution in [3.8, 4) is 5.75 Å². The largest absolute Gasteiger partial charge is 0.497 e.